The zero-order chi connectivity index (χ0) is 12.5. The summed E-state index contributed by atoms with van der Waals surface area (Å²) in [5.41, 5.74) is 6.62. The van der Waals surface area contributed by atoms with Crippen molar-refractivity contribution in [3.63, 3.8) is 0 Å². The Hall–Kier alpha value is -1.27. The number of rotatable bonds is 5. The highest BCUT2D eigenvalue weighted by Gasteiger charge is 2.20. The quantitative estimate of drug-likeness (QED) is 0.687. The molecule has 17 heavy (non-hydrogen) atoms. The molecule has 94 valence electrons. The summed E-state index contributed by atoms with van der Waals surface area (Å²) in [5.74, 6) is 0.824. The third-order valence-corrected chi connectivity index (χ3v) is 3.91. The summed E-state index contributed by atoms with van der Waals surface area (Å²) in [6.45, 7) is 0.808. The smallest absolute Gasteiger partial charge is 0.240 e. The molecule has 0 spiro atoms. The minimum absolute atomic E-state index is 0.0195. The molecule has 2 rings (SSSR count). The first-order valence-electron chi connectivity index (χ1n) is 5.63. The van der Waals surface area contributed by atoms with Gasteiger partial charge in [-0.2, -0.15) is 0 Å². The number of nitrogens with one attached hydrogen (secondary N) is 1. The van der Waals surface area contributed by atoms with Crippen LogP contribution >= 0.6 is 0 Å². The van der Waals surface area contributed by atoms with Gasteiger partial charge < -0.3 is 11.1 Å². The molecule has 5 N–H and O–H groups in total. The molecule has 0 amide bonds. The van der Waals surface area contributed by atoms with Gasteiger partial charge in [-0.05, 0) is 24.5 Å². The summed E-state index contributed by atoms with van der Waals surface area (Å²) in [4.78, 5) is -0.0195. The summed E-state index contributed by atoms with van der Waals surface area (Å²) in [6, 6.07) is 4.81. The van der Waals surface area contributed by atoms with E-state index in [0.717, 1.165) is 18.9 Å². The second-order valence-corrected chi connectivity index (χ2v) is 5.95. The Balaban J connectivity index is 2.11. The standard InChI is InChI=1S/C11H17N3O2S/c12-11-9(14-7-6-8-4-5-8)2-1-3-10(11)17(13,15)16/h1-3,8,14H,4-7,12H2,(H2,13,15,16). The lowest BCUT2D eigenvalue weighted by Gasteiger charge is -2.11. The average molecular weight is 255 g/mol. The van der Waals surface area contributed by atoms with E-state index in [0.29, 0.717) is 5.69 Å². The van der Waals surface area contributed by atoms with Crippen molar-refractivity contribution in [1.82, 2.24) is 0 Å². The maximum absolute atomic E-state index is 11.3. The monoisotopic (exact) mass is 255 g/mol. The molecule has 1 fully saturated rings. The highest BCUT2D eigenvalue weighted by Crippen LogP contribution is 2.32. The van der Waals surface area contributed by atoms with Crippen molar-refractivity contribution in [2.75, 3.05) is 17.6 Å². The van der Waals surface area contributed by atoms with Crippen molar-refractivity contribution >= 4 is 21.4 Å². The Kier molecular flexibility index (Phi) is 3.26. The minimum Gasteiger partial charge on any atom is -0.396 e. The maximum atomic E-state index is 11.3. The molecule has 0 aliphatic heterocycles. The van der Waals surface area contributed by atoms with Gasteiger partial charge in [-0.3, -0.25) is 0 Å². The molecule has 1 aromatic rings. The van der Waals surface area contributed by atoms with Gasteiger partial charge in [0.15, 0.2) is 0 Å². The van der Waals surface area contributed by atoms with Crippen LogP contribution in [0.2, 0.25) is 0 Å². The molecule has 1 aromatic carbocycles. The Morgan fingerprint density at radius 3 is 2.65 bits per heavy atom. The fraction of sp³-hybridized carbons (Fsp3) is 0.455. The van der Waals surface area contributed by atoms with E-state index in [4.69, 9.17) is 10.9 Å². The number of nitrogens with two attached hydrogens (primary N) is 2. The fourth-order valence-electron chi connectivity index (χ4n) is 1.76. The molecule has 5 nitrogen and oxygen atoms in total. The molecule has 0 aromatic heterocycles. The average Bonchev–Trinajstić information content (AvgIpc) is 3.02. The summed E-state index contributed by atoms with van der Waals surface area (Å²) < 4.78 is 22.5. The van der Waals surface area contributed by atoms with Crippen molar-refractivity contribution < 1.29 is 8.42 Å². The number of primary sulfonamides is 1. The number of para-hydroxylation sites is 1. The van der Waals surface area contributed by atoms with E-state index in [1.165, 1.54) is 18.9 Å². The Morgan fingerprint density at radius 1 is 1.35 bits per heavy atom. The Bertz CT molecular complexity index is 509. The van der Waals surface area contributed by atoms with Gasteiger partial charge in [-0.25, -0.2) is 13.6 Å². The van der Waals surface area contributed by atoms with Crippen LogP contribution in [0.15, 0.2) is 23.1 Å². The van der Waals surface area contributed by atoms with Crippen LogP contribution in [0.5, 0.6) is 0 Å². The number of anilines is 2. The first-order valence-corrected chi connectivity index (χ1v) is 7.18. The first-order chi connectivity index (χ1) is 7.98. The van der Waals surface area contributed by atoms with Crippen LogP contribution in [-0.4, -0.2) is 15.0 Å². The van der Waals surface area contributed by atoms with Gasteiger partial charge >= 0.3 is 0 Å². The highest BCUT2D eigenvalue weighted by molar-refractivity contribution is 7.89. The number of nitrogen functional groups attached to an aromatic ring is 1. The fourth-order valence-corrected chi connectivity index (χ4v) is 2.45. The van der Waals surface area contributed by atoms with Crippen LogP contribution in [0.25, 0.3) is 0 Å². The SMILES string of the molecule is Nc1c(NCCC2CC2)cccc1S(N)(=O)=O. The molecule has 0 saturated heterocycles. The first kappa shape index (κ1) is 12.2. The summed E-state index contributed by atoms with van der Waals surface area (Å²) in [7, 11) is -3.75. The molecule has 1 saturated carbocycles. The lowest BCUT2D eigenvalue weighted by molar-refractivity contribution is 0.598. The zero-order valence-corrected chi connectivity index (χ0v) is 10.3. The van der Waals surface area contributed by atoms with Crippen molar-refractivity contribution in [2.45, 2.75) is 24.2 Å². The van der Waals surface area contributed by atoms with E-state index in [9.17, 15) is 8.42 Å². The molecule has 0 heterocycles. The van der Waals surface area contributed by atoms with E-state index in [1.807, 2.05) is 0 Å². The third kappa shape index (κ3) is 3.10. The van der Waals surface area contributed by atoms with Crippen molar-refractivity contribution in [1.29, 1.82) is 0 Å². The summed E-state index contributed by atoms with van der Waals surface area (Å²) >= 11 is 0. The number of benzene rings is 1. The predicted molar refractivity (Wildman–Crippen MR) is 68.1 cm³/mol. The highest BCUT2D eigenvalue weighted by atomic mass is 32.2. The predicted octanol–water partition coefficient (Wildman–Crippen LogP) is 1.13. The van der Waals surface area contributed by atoms with E-state index < -0.39 is 10.0 Å². The van der Waals surface area contributed by atoms with Gasteiger partial charge in [0.1, 0.15) is 4.90 Å². The molecule has 6 heteroatoms. The van der Waals surface area contributed by atoms with Crippen LogP contribution in [0, 0.1) is 5.92 Å². The maximum Gasteiger partial charge on any atom is 0.240 e. The van der Waals surface area contributed by atoms with Gasteiger partial charge in [0.05, 0.1) is 11.4 Å². The van der Waals surface area contributed by atoms with E-state index in [2.05, 4.69) is 5.32 Å². The second kappa shape index (κ2) is 4.54. The molecular formula is C11H17N3O2S. The normalized spacial score (nSPS) is 15.8. The van der Waals surface area contributed by atoms with E-state index >= 15 is 0 Å². The van der Waals surface area contributed by atoms with Crippen LogP contribution in [0.4, 0.5) is 11.4 Å². The van der Waals surface area contributed by atoms with Crippen molar-refractivity contribution in [3.8, 4) is 0 Å². The van der Waals surface area contributed by atoms with Crippen molar-refractivity contribution in [2.24, 2.45) is 11.1 Å². The van der Waals surface area contributed by atoms with E-state index in [1.54, 1.807) is 12.1 Å². The lowest BCUT2D eigenvalue weighted by Crippen LogP contribution is -2.15. The molecular weight excluding hydrogens is 238 g/mol. The van der Waals surface area contributed by atoms with Gasteiger partial charge in [0.2, 0.25) is 10.0 Å². The number of sulfonamides is 1. The van der Waals surface area contributed by atoms with Gasteiger partial charge in [0, 0.05) is 6.54 Å². The van der Waals surface area contributed by atoms with Gasteiger partial charge in [-0.15, -0.1) is 0 Å². The molecule has 0 radical (unpaired) electrons. The topological polar surface area (TPSA) is 98.2 Å². The Morgan fingerprint density at radius 2 is 2.06 bits per heavy atom. The zero-order valence-electron chi connectivity index (χ0n) is 9.52. The van der Waals surface area contributed by atoms with Gasteiger partial charge in [0.25, 0.3) is 0 Å². The molecule has 0 bridgehead atoms. The number of hydrogen-bond acceptors (Lipinski definition) is 4. The molecule has 1 aliphatic carbocycles. The summed E-state index contributed by atoms with van der Waals surface area (Å²) in [6.07, 6.45) is 3.70. The Labute approximate surface area is 101 Å². The van der Waals surface area contributed by atoms with E-state index in [-0.39, 0.29) is 10.6 Å². The van der Waals surface area contributed by atoms with Crippen LogP contribution in [-0.2, 0) is 10.0 Å². The lowest BCUT2D eigenvalue weighted by atomic mass is 10.2. The van der Waals surface area contributed by atoms with Crippen LogP contribution < -0.4 is 16.2 Å². The molecule has 0 unspecified atom stereocenters. The van der Waals surface area contributed by atoms with Crippen LogP contribution in [0.3, 0.4) is 0 Å². The molecule has 1 aliphatic rings. The second-order valence-electron chi connectivity index (χ2n) is 4.42. The van der Waals surface area contributed by atoms with Crippen molar-refractivity contribution in [3.05, 3.63) is 18.2 Å². The third-order valence-electron chi connectivity index (χ3n) is 2.94. The number of hydrogen-bond donors (Lipinski definition) is 3. The largest absolute Gasteiger partial charge is 0.396 e. The van der Waals surface area contributed by atoms with Gasteiger partial charge in [-0.1, -0.05) is 18.9 Å². The molecule has 0 atom stereocenters. The summed E-state index contributed by atoms with van der Waals surface area (Å²) in [5, 5.41) is 8.23. The minimum atomic E-state index is -3.75. The van der Waals surface area contributed by atoms with Crippen LogP contribution in [0.1, 0.15) is 19.3 Å².